The first kappa shape index (κ1) is 14.1. The molecule has 22 heavy (non-hydrogen) atoms. The van der Waals surface area contributed by atoms with Gasteiger partial charge >= 0.3 is 5.97 Å². The molecule has 1 aromatic carbocycles. The Hall–Kier alpha value is -2.86. The van der Waals surface area contributed by atoms with Crippen molar-refractivity contribution < 1.29 is 19.4 Å². The molecular formula is C16H14N2O4. The summed E-state index contributed by atoms with van der Waals surface area (Å²) in [5, 5.41) is 22.2. The summed E-state index contributed by atoms with van der Waals surface area (Å²) in [6, 6.07) is 10.3. The molecule has 0 amide bonds. The van der Waals surface area contributed by atoms with Crippen molar-refractivity contribution in [2.24, 2.45) is 0 Å². The standard InChI is InChI=1S/C16H14N2O4/c1-9-7-10(8-19)11-3-2-4-12(15(11)17-9)18-14-6-5-13(22-14)16(20)21/h2-7,18-19H,8H2,1H3,(H,20,21). The third kappa shape index (κ3) is 2.51. The molecule has 3 aromatic rings. The smallest absolute Gasteiger partial charge is 0.371 e. The number of carbonyl (C=O) groups is 1. The highest BCUT2D eigenvalue weighted by molar-refractivity contribution is 5.94. The zero-order chi connectivity index (χ0) is 15.7. The number of fused-ring (bicyclic) bond motifs is 1. The van der Waals surface area contributed by atoms with E-state index >= 15 is 0 Å². The molecule has 0 atom stereocenters. The van der Waals surface area contributed by atoms with Crippen LogP contribution in [-0.2, 0) is 6.61 Å². The summed E-state index contributed by atoms with van der Waals surface area (Å²) in [5.74, 6) is -0.941. The molecule has 0 aliphatic carbocycles. The molecule has 3 N–H and O–H groups in total. The Labute approximate surface area is 126 Å². The quantitative estimate of drug-likeness (QED) is 0.685. The van der Waals surface area contributed by atoms with Crippen LogP contribution in [0.1, 0.15) is 21.8 Å². The van der Waals surface area contributed by atoms with Crippen molar-refractivity contribution in [3.63, 3.8) is 0 Å². The minimum atomic E-state index is -1.12. The number of hydrogen-bond acceptors (Lipinski definition) is 5. The van der Waals surface area contributed by atoms with Gasteiger partial charge in [-0.3, -0.25) is 4.98 Å². The van der Waals surface area contributed by atoms with Crippen molar-refractivity contribution in [3.05, 3.63) is 53.4 Å². The fraction of sp³-hybridized carbons (Fsp3) is 0.125. The van der Waals surface area contributed by atoms with Crippen LogP contribution in [0.15, 0.2) is 40.8 Å². The second-order valence-electron chi connectivity index (χ2n) is 4.88. The molecule has 112 valence electrons. The van der Waals surface area contributed by atoms with Gasteiger partial charge in [0.2, 0.25) is 5.76 Å². The second-order valence-corrected chi connectivity index (χ2v) is 4.88. The lowest BCUT2D eigenvalue weighted by atomic mass is 10.1. The Morgan fingerprint density at radius 2 is 2.14 bits per heavy atom. The zero-order valence-electron chi connectivity index (χ0n) is 11.8. The van der Waals surface area contributed by atoms with Gasteiger partial charge in [-0.2, -0.15) is 0 Å². The first-order chi connectivity index (χ1) is 10.6. The number of carboxylic acids is 1. The summed E-state index contributed by atoms with van der Waals surface area (Å²) in [6.45, 7) is 1.78. The third-order valence-electron chi connectivity index (χ3n) is 3.30. The number of hydrogen-bond donors (Lipinski definition) is 3. The van der Waals surface area contributed by atoms with E-state index in [9.17, 15) is 9.90 Å². The number of nitrogens with one attached hydrogen (secondary N) is 1. The first-order valence-corrected chi connectivity index (χ1v) is 6.69. The van der Waals surface area contributed by atoms with Gasteiger partial charge in [-0.25, -0.2) is 4.79 Å². The van der Waals surface area contributed by atoms with Gasteiger partial charge in [0.25, 0.3) is 0 Å². The molecule has 3 rings (SSSR count). The van der Waals surface area contributed by atoms with Crippen molar-refractivity contribution in [3.8, 4) is 0 Å². The van der Waals surface area contributed by atoms with E-state index in [4.69, 9.17) is 9.52 Å². The highest BCUT2D eigenvalue weighted by Gasteiger charge is 2.12. The Morgan fingerprint density at radius 3 is 2.82 bits per heavy atom. The van der Waals surface area contributed by atoms with Crippen LogP contribution in [0.3, 0.4) is 0 Å². The number of aromatic nitrogens is 1. The number of rotatable bonds is 4. The first-order valence-electron chi connectivity index (χ1n) is 6.69. The van der Waals surface area contributed by atoms with Crippen molar-refractivity contribution in [2.75, 3.05) is 5.32 Å². The van der Waals surface area contributed by atoms with E-state index in [1.165, 1.54) is 6.07 Å². The molecule has 6 nitrogen and oxygen atoms in total. The van der Waals surface area contributed by atoms with Gasteiger partial charge in [0.05, 0.1) is 17.8 Å². The zero-order valence-corrected chi connectivity index (χ0v) is 11.8. The molecule has 2 heterocycles. The Bertz CT molecular complexity index is 854. The van der Waals surface area contributed by atoms with Crippen LogP contribution in [0.5, 0.6) is 0 Å². The largest absolute Gasteiger partial charge is 0.475 e. The van der Waals surface area contributed by atoms with Crippen LogP contribution in [0, 0.1) is 6.92 Å². The third-order valence-corrected chi connectivity index (χ3v) is 3.30. The Morgan fingerprint density at radius 1 is 1.32 bits per heavy atom. The fourth-order valence-corrected chi connectivity index (χ4v) is 2.35. The van der Waals surface area contributed by atoms with Crippen LogP contribution < -0.4 is 5.32 Å². The lowest BCUT2D eigenvalue weighted by molar-refractivity contribution is 0.0663. The number of carboxylic acid groups (broad SMARTS) is 1. The van der Waals surface area contributed by atoms with Gasteiger partial charge in [-0.15, -0.1) is 0 Å². The van der Waals surface area contributed by atoms with E-state index in [2.05, 4.69) is 10.3 Å². The minimum Gasteiger partial charge on any atom is -0.475 e. The lowest BCUT2D eigenvalue weighted by Gasteiger charge is -2.10. The number of aryl methyl sites for hydroxylation is 1. The molecule has 6 heteroatoms. The van der Waals surface area contributed by atoms with Crippen LogP contribution in [0.4, 0.5) is 11.6 Å². The summed E-state index contributed by atoms with van der Waals surface area (Å²) in [4.78, 5) is 15.3. The normalized spacial score (nSPS) is 10.8. The van der Waals surface area contributed by atoms with E-state index in [1.54, 1.807) is 6.07 Å². The minimum absolute atomic E-state index is 0.0762. The van der Waals surface area contributed by atoms with Crippen molar-refractivity contribution in [1.82, 2.24) is 4.98 Å². The molecule has 0 aliphatic heterocycles. The van der Waals surface area contributed by atoms with Crippen molar-refractivity contribution in [2.45, 2.75) is 13.5 Å². The second kappa shape index (κ2) is 5.50. The lowest BCUT2D eigenvalue weighted by Crippen LogP contribution is -1.97. The maximum absolute atomic E-state index is 10.8. The van der Waals surface area contributed by atoms with E-state index in [-0.39, 0.29) is 12.4 Å². The number of pyridine rings is 1. The maximum Gasteiger partial charge on any atom is 0.371 e. The Balaban J connectivity index is 2.06. The van der Waals surface area contributed by atoms with Crippen LogP contribution in [0.2, 0.25) is 0 Å². The van der Waals surface area contributed by atoms with Crippen LogP contribution in [0.25, 0.3) is 10.9 Å². The molecule has 0 radical (unpaired) electrons. The molecule has 0 fully saturated rings. The van der Waals surface area contributed by atoms with Crippen LogP contribution >= 0.6 is 0 Å². The number of aliphatic hydroxyl groups excluding tert-OH is 1. The maximum atomic E-state index is 10.8. The van der Waals surface area contributed by atoms with Crippen LogP contribution in [-0.4, -0.2) is 21.2 Å². The molecule has 0 saturated heterocycles. The number of aliphatic hydroxyl groups is 1. The molecule has 0 aliphatic rings. The average molecular weight is 298 g/mol. The van der Waals surface area contributed by atoms with Crippen molar-refractivity contribution in [1.29, 1.82) is 0 Å². The summed E-state index contributed by atoms with van der Waals surface area (Å²) >= 11 is 0. The number of para-hydroxylation sites is 1. The average Bonchev–Trinajstić information content (AvgIpc) is 2.96. The van der Waals surface area contributed by atoms with E-state index in [1.807, 2.05) is 31.2 Å². The van der Waals surface area contributed by atoms with Gasteiger partial charge in [-0.1, -0.05) is 12.1 Å². The number of nitrogens with zero attached hydrogens (tertiary/aromatic N) is 1. The highest BCUT2D eigenvalue weighted by Crippen LogP contribution is 2.28. The van der Waals surface area contributed by atoms with Gasteiger partial charge in [0, 0.05) is 17.1 Å². The number of benzene rings is 1. The summed E-state index contributed by atoms with van der Waals surface area (Å²) in [6.07, 6.45) is 0. The summed E-state index contributed by atoms with van der Waals surface area (Å²) in [7, 11) is 0. The Kier molecular flexibility index (Phi) is 3.52. The van der Waals surface area contributed by atoms with Gasteiger partial charge in [0.1, 0.15) is 0 Å². The van der Waals surface area contributed by atoms with Gasteiger partial charge in [-0.05, 0) is 30.7 Å². The highest BCUT2D eigenvalue weighted by atomic mass is 16.4. The summed E-state index contributed by atoms with van der Waals surface area (Å²) in [5.41, 5.74) is 2.95. The predicted molar refractivity (Wildman–Crippen MR) is 81.4 cm³/mol. The van der Waals surface area contributed by atoms with Gasteiger partial charge in [0.15, 0.2) is 5.88 Å². The predicted octanol–water partition coefficient (Wildman–Crippen LogP) is 3.07. The summed E-state index contributed by atoms with van der Waals surface area (Å²) < 4.78 is 5.20. The number of furan rings is 1. The fourth-order valence-electron chi connectivity index (χ4n) is 2.35. The molecule has 0 bridgehead atoms. The van der Waals surface area contributed by atoms with Crippen molar-refractivity contribution >= 4 is 28.4 Å². The number of anilines is 2. The van der Waals surface area contributed by atoms with Gasteiger partial charge < -0.3 is 19.9 Å². The van der Waals surface area contributed by atoms with E-state index in [0.717, 1.165) is 16.6 Å². The topological polar surface area (TPSA) is 95.6 Å². The molecular weight excluding hydrogens is 284 g/mol. The van der Waals surface area contributed by atoms with E-state index < -0.39 is 5.97 Å². The molecule has 2 aromatic heterocycles. The molecule has 0 saturated carbocycles. The molecule has 0 unspecified atom stereocenters. The molecule has 0 spiro atoms. The number of aromatic carboxylic acids is 1. The monoisotopic (exact) mass is 298 g/mol. The SMILES string of the molecule is Cc1cc(CO)c2cccc(Nc3ccc(C(=O)O)o3)c2n1. The van der Waals surface area contributed by atoms with E-state index in [0.29, 0.717) is 17.1 Å².